The van der Waals surface area contributed by atoms with Crippen molar-refractivity contribution in [2.75, 3.05) is 13.1 Å². The SMILES string of the molecule is O=C(CCc1ccco1)C1CCCNC1. The highest BCUT2D eigenvalue weighted by Crippen LogP contribution is 2.14. The molecule has 82 valence electrons. The zero-order valence-electron chi connectivity index (χ0n) is 8.87. The predicted molar refractivity (Wildman–Crippen MR) is 57.6 cm³/mol. The van der Waals surface area contributed by atoms with E-state index in [-0.39, 0.29) is 5.92 Å². The van der Waals surface area contributed by atoms with Gasteiger partial charge < -0.3 is 9.73 Å². The molecule has 1 aliphatic heterocycles. The number of hydrogen-bond donors (Lipinski definition) is 1. The molecule has 0 spiro atoms. The van der Waals surface area contributed by atoms with Crippen LogP contribution in [0.2, 0.25) is 0 Å². The first-order valence-electron chi connectivity index (χ1n) is 5.62. The average molecular weight is 207 g/mol. The van der Waals surface area contributed by atoms with Gasteiger partial charge in [0, 0.05) is 25.3 Å². The largest absolute Gasteiger partial charge is 0.469 e. The van der Waals surface area contributed by atoms with E-state index in [1.54, 1.807) is 6.26 Å². The Morgan fingerprint density at radius 3 is 3.20 bits per heavy atom. The zero-order valence-corrected chi connectivity index (χ0v) is 8.87. The van der Waals surface area contributed by atoms with Crippen molar-refractivity contribution in [1.29, 1.82) is 0 Å². The van der Waals surface area contributed by atoms with Gasteiger partial charge >= 0.3 is 0 Å². The molecule has 1 aromatic heterocycles. The summed E-state index contributed by atoms with van der Waals surface area (Å²) in [4.78, 5) is 11.8. The minimum absolute atomic E-state index is 0.230. The lowest BCUT2D eigenvalue weighted by molar-refractivity contribution is -0.123. The van der Waals surface area contributed by atoms with Gasteiger partial charge in [0.2, 0.25) is 0 Å². The molecular weight excluding hydrogens is 190 g/mol. The van der Waals surface area contributed by atoms with Crippen molar-refractivity contribution in [2.24, 2.45) is 5.92 Å². The first-order chi connectivity index (χ1) is 7.36. The molecule has 1 unspecified atom stereocenters. The molecule has 0 aliphatic carbocycles. The van der Waals surface area contributed by atoms with E-state index in [9.17, 15) is 4.79 Å². The fourth-order valence-corrected chi connectivity index (χ4v) is 2.03. The van der Waals surface area contributed by atoms with Gasteiger partial charge in [-0.1, -0.05) is 0 Å². The van der Waals surface area contributed by atoms with E-state index < -0.39 is 0 Å². The van der Waals surface area contributed by atoms with Crippen LogP contribution in [0.15, 0.2) is 22.8 Å². The summed E-state index contributed by atoms with van der Waals surface area (Å²) in [5.74, 6) is 1.51. The second-order valence-corrected chi connectivity index (χ2v) is 4.09. The second-order valence-electron chi connectivity index (χ2n) is 4.09. The Bertz CT molecular complexity index is 299. The molecule has 0 bridgehead atoms. The Hall–Kier alpha value is -1.09. The third-order valence-electron chi connectivity index (χ3n) is 2.95. The number of rotatable bonds is 4. The quantitative estimate of drug-likeness (QED) is 0.818. The highest BCUT2D eigenvalue weighted by molar-refractivity contribution is 5.81. The number of piperidine rings is 1. The third-order valence-corrected chi connectivity index (χ3v) is 2.95. The minimum atomic E-state index is 0.230. The maximum atomic E-state index is 11.8. The Morgan fingerprint density at radius 2 is 2.53 bits per heavy atom. The minimum Gasteiger partial charge on any atom is -0.469 e. The van der Waals surface area contributed by atoms with Crippen molar-refractivity contribution in [3.05, 3.63) is 24.2 Å². The molecule has 2 heterocycles. The lowest BCUT2D eigenvalue weighted by atomic mass is 9.92. The molecule has 1 aliphatic rings. The van der Waals surface area contributed by atoms with Gasteiger partial charge in [-0.25, -0.2) is 0 Å². The predicted octanol–water partition coefficient (Wildman–Crippen LogP) is 1.78. The van der Waals surface area contributed by atoms with E-state index in [1.807, 2.05) is 12.1 Å². The monoisotopic (exact) mass is 207 g/mol. The standard InChI is InChI=1S/C12H17NO2/c14-12(10-3-1-7-13-9-10)6-5-11-4-2-8-15-11/h2,4,8,10,13H,1,3,5-7,9H2. The van der Waals surface area contributed by atoms with Crippen LogP contribution < -0.4 is 5.32 Å². The Kier molecular flexibility index (Phi) is 3.56. The van der Waals surface area contributed by atoms with Crippen LogP contribution in [0.1, 0.15) is 25.0 Å². The summed E-state index contributed by atoms with van der Waals surface area (Å²) < 4.78 is 5.20. The molecule has 1 N–H and O–H groups in total. The van der Waals surface area contributed by atoms with E-state index in [0.29, 0.717) is 12.2 Å². The molecule has 0 aromatic carbocycles. The Morgan fingerprint density at radius 1 is 1.60 bits per heavy atom. The van der Waals surface area contributed by atoms with E-state index >= 15 is 0 Å². The van der Waals surface area contributed by atoms with Crippen LogP contribution in [0.25, 0.3) is 0 Å². The first kappa shape index (κ1) is 10.4. The molecule has 2 rings (SSSR count). The van der Waals surface area contributed by atoms with Crippen molar-refractivity contribution < 1.29 is 9.21 Å². The normalized spacial score (nSPS) is 21.5. The lowest BCUT2D eigenvalue weighted by Crippen LogP contribution is -2.34. The van der Waals surface area contributed by atoms with Crippen molar-refractivity contribution in [3.8, 4) is 0 Å². The topological polar surface area (TPSA) is 42.2 Å². The van der Waals surface area contributed by atoms with Crippen LogP contribution in [0, 0.1) is 5.92 Å². The highest BCUT2D eigenvalue weighted by atomic mass is 16.3. The molecule has 0 radical (unpaired) electrons. The molecular formula is C12H17NO2. The molecule has 1 saturated heterocycles. The van der Waals surface area contributed by atoms with E-state index in [0.717, 1.165) is 38.1 Å². The smallest absolute Gasteiger partial charge is 0.137 e. The van der Waals surface area contributed by atoms with E-state index in [4.69, 9.17) is 4.42 Å². The molecule has 0 amide bonds. The van der Waals surface area contributed by atoms with E-state index in [1.165, 1.54) is 0 Å². The summed E-state index contributed by atoms with van der Waals surface area (Å²) in [6, 6.07) is 3.79. The first-order valence-corrected chi connectivity index (χ1v) is 5.62. The number of Topliss-reactive ketones (excluding diaryl/α,β-unsaturated/α-hetero) is 1. The van der Waals surface area contributed by atoms with Crippen LogP contribution in [-0.2, 0) is 11.2 Å². The van der Waals surface area contributed by atoms with Crippen LogP contribution in [-0.4, -0.2) is 18.9 Å². The summed E-state index contributed by atoms with van der Waals surface area (Å²) in [7, 11) is 0. The van der Waals surface area contributed by atoms with Crippen molar-refractivity contribution in [1.82, 2.24) is 5.32 Å². The summed E-state index contributed by atoms with van der Waals surface area (Å²) in [5.41, 5.74) is 0. The fourth-order valence-electron chi connectivity index (χ4n) is 2.03. The van der Waals surface area contributed by atoms with Crippen molar-refractivity contribution in [2.45, 2.75) is 25.7 Å². The molecule has 15 heavy (non-hydrogen) atoms. The lowest BCUT2D eigenvalue weighted by Gasteiger charge is -2.21. The highest BCUT2D eigenvalue weighted by Gasteiger charge is 2.20. The van der Waals surface area contributed by atoms with Crippen LogP contribution >= 0.6 is 0 Å². The van der Waals surface area contributed by atoms with Gasteiger partial charge in [-0.2, -0.15) is 0 Å². The van der Waals surface area contributed by atoms with E-state index in [2.05, 4.69) is 5.32 Å². The summed E-state index contributed by atoms with van der Waals surface area (Å²) in [6.45, 7) is 1.92. The van der Waals surface area contributed by atoms with Gasteiger partial charge in [-0.15, -0.1) is 0 Å². The molecule has 3 nitrogen and oxygen atoms in total. The van der Waals surface area contributed by atoms with Crippen LogP contribution in [0.3, 0.4) is 0 Å². The molecule has 1 aromatic rings. The second kappa shape index (κ2) is 5.12. The van der Waals surface area contributed by atoms with Gasteiger partial charge in [0.25, 0.3) is 0 Å². The number of carbonyl (C=O) groups is 1. The van der Waals surface area contributed by atoms with Crippen LogP contribution in [0.4, 0.5) is 0 Å². The van der Waals surface area contributed by atoms with Crippen LogP contribution in [0.5, 0.6) is 0 Å². The zero-order chi connectivity index (χ0) is 10.5. The number of furan rings is 1. The summed E-state index contributed by atoms with van der Waals surface area (Å²) in [6.07, 6.45) is 5.17. The number of nitrogens with one attached hydrogen (secondary N) is 1. The average Bonchev–Trinajstić information content (AvgIpc) is 2.80. The maximum absolute atomic E-state index is 11.8. The van der Waals surface area contributed by atoms with Gasteiger partial charge in [-0.3, -0.25) is 4.79 Å². The maximum Gasteiger partial charge on any atom is 0.137 e. The third kappa shape index (κ3) is 2.93. The van der Waals surface area contributed by atoms with Crippen molar-refractivity contribution in [3.63, 3.8) is 0 Å². The number of carbonyl (C=O) groups excluding carboxylic acids is 1. The summed E-state index contributed by atoms with van der Waals surface area (Å²) >= 11 is 0. The van der Waals surface area contributed by atoms with Gasteiger partial charge in [0.05, 0.1) is 6.26 Å². The molecule has 0 saturated carbocycles. The van der Waals surface area contributed by atoms with Gasteiger partial charge in [0.1, 0.15) is 11.5 Å². The fraction of sp³-hybridized carbons (Fsp3) is 0.583. The Balaban J connectivity index is 1.76. The van der Waals surface area contributed by atoms with Gasteiger partial charge in [-0.05, 0) is 31.5 Å². The number of ketones is 1. The molecule has 3 heteroatoms. The Labute approximate surface area is 89.9 Å². The summed E-state index contributed by atoms with van der Waals surface area (Å²) in [5, 5.41) is 3.26. The molecule has 1 fully saturated rings. The molecule has 1 atom stereocenters. The number of aryl methyl sites for hydroxylation is 1. The van der Waals surface area contributed by atoms with Crippen molar-refractivity contribution >= 4 is 5.78 Å². The number of hydrogen-bond acceptors (Lipinski definition) is 3. The van der Waals surface area contributed by atoms with Gasteiger partial charge in [0.15, 0.2) is 0 Å².